The molecule has 6 nitrogen and oxygen atoms in total. The number of anilines is 1. The van der Waals surface area contributed by atoms with Crippen LogP contribution < -0.4 is 5.32 Å². The van der Waals surface area contributed by atoms with Crippen molar-refractivity contribution in [1.29, 1.82) is 0 Å². The van der Waals surface area contributed by atoms with Gasteiger partial charge < -0.3 is 15.0 Å². The molecular weight excluding hydrogens is 364 g/mol. The van der Waals surface area contributed by atoms with Gasteiger partial charge in [0.15, 0.2) is 6.61 Å². The summed E-state index contributed by atoms with van der Waals surface area (Å²) in [6, 6.07) is 12.8. The third kappa shape index (κ3) is 3.39. The Morgan fingerprint density at radius 3 is 2.85 bits per heavy atom. The lowest BCUT2D eigenvalue weighted by atomic mass is 10.1. The van der Waals surface area contributed by atoms with Gasteiger partial charge >= 0.3 is 5.97 Å². The maximum Gasteiger partial charge on any atom is 0.330 e. The topological polar surface area (TPSA) is 75.7 Å². The summed E-state index contributed by atoms with van der Waals surface area (Å²) < 4.78 is 5.19. The number of benzene rings is 2. The third-order valence-corrected chi connectivity index (χ3v) is 6.60. The largest absolute Gasteiger partial charge is 0.454 e. The quantitative estimate of drug-likeness (QED) is 0.821. The SMILES string of the molecule is C[C@@]12CCC(=O)N1[C@H](C(=O)OCC(=O)Nc1ccc3ccccc3c1)CS2. The summed E-state index contributed by atoms with van der Waals surface area (Å²) in [6.45, 7) is 1.61. The van der Waals surface area contributed by atoms with E-state index < -0.39 is 17.9 Å². The van der Waals surface area contributed by atoms with E-state index >= 15 is 0 Å². The Bertz CT molecular complexity index is 931. The molecule has 0 bridgehead atoms. The van der Waals surface area contributed by atoms with E-state index in [4.69, 9.17) is 4.74 Å². The highest BCUT2D eigenvalue weighted by molar-refractivity contribution is 8.01. The third-order valence-electron chi connectivity index (χ3n) is 5.10. The highest BCUT2D eigenvalue weighted by Gasteiger charge is 2.53. The van der Waals surface area contributed by atoms with E-state index in [0.29, 0.717) is 17.9 Å². The number of esters is 1. The summed E-state index contributed by atoms with van der Waals surface area (Å²) in [4.78, 5) is 37.9. The van der Waals surface area contributed by atoms with Gasteiger partial charge in [0.2, 0.25) is 5.91 Å². The molecular formula is C20H20N2O4S. The van der Waals surface area contributed by atoms with E-state index in [1.807, 2.05) is 49.4 Å². The lowest BCUT2D eigenvalue weighted by Crippen LogP contribution is -2.47. The average Bonchev–Trinajstić information content (AvgIpc) is 3.16. The Morgan fingerprint density at radius 2 is 2.04 bits per heavy atom. The van der Waals surface area contributed by atoms with Gasteiger partial charge in [0.25, 0.3) is 5.91 Å². The van der Waals surface area contributed by atoms with Crippen molar-refractivity contribution in [3.8, 4) is 0 Å². The molecule has 0 radical (unpaired) electrons. The van der Waals surface area contributed by atoms with Crippen molar-refractivity contribution >= 4 is 46.0 Å². The van der Waals surface area contributed by atoms with Crippen LogP contribution in [0.1, 0.15) is 19.8 Å². The fraction of sp³-hybridized carbons (Fsp3) is 0.350. The maximum absolute atomic E-state index is 12.4. The van der Waals surface area contributed by atoms with Crippen LogP contribution in [0.2, 0.25) is 0 Å². The molecule has 0 aromatic heterocycles. The van der Waals surface area contributed by atoms with Crippen LogP contribution in [0.5, 0.6) is 0 Å². The van der Waals surface area contributed by atoms with Gasteiger partial charge in [-0.05, 0) is 36.2 Å². The first-order valence-electron chi connectivity index (χ1n) is 8.88. The molecule has 0 unspecified atom stereocenters. The second-order valence-electron chi connectivity index (χ2n) is 6.98. The molecule has 4 rings (SSSR count). The van der Waals surface area contributed by atoms with Gasteiger partial charge in [-0.2, -0.15) is 0 Å². The highest BCUT2D eigenvalue weighted by atomic mass is 32.2. The van der Waals surface area contributed by atoms with Crippen molar-refractivity contribution < 1.29 is 19.1 Å². The molecule has 2 heterocycles. The number of hydrogen-bond donors (Lipinski definition) is 1. The highest BCUT2D eigenvalue weighted by Crippen LogP contribution is 2.47. The fourth-order valence-corrected chi connectivity index (χ4v) is 5.11. The van der Waals surface area contributed by atoms with Crippen LogP contribution in [0.25, 0.3) is 10.8 Å². The lowest BCUT2D eigenvalue weighted by molar-refractivity contribution is -0.155. The Labute approximate surface area is 161 Å². The van der Waals surface area contributed by atoms with Gasteiger partial charge in [-0.25, -0.2) is 4.79 Å². The number of hydrogen-bond acceptors (Lipinski definition) is 5. The van der Waals surface area contributed by atoms with E-state index in [0.717, 1.165) is 17.2 Å². The lowest BCUT2D eigenvalue weighted by Gasteiger charge is -2.29. The van der Waals surface area contributed by atoms with Crippen molar-refractivity contribution in [2.75, 3.05) is 17.7 Å². The molecule has 0 saturated carbocycles. The normalized spacial score (nSPS) is 24.1. The van der Waals surface area contributed by atoms with Crippen molar-refractivity contribution in [3.05, 3.63) is 42.5 Å². The van der Waals surface area contributed by atoms with Crippen LogP contribution in [0.4, 0.5) is 5.69 Å². The van der Waals surface area contributed by atoms with Crippen molar-refractivity contribution in [1.82, 2.24) is 4.90 Å². The molecule has 0 aliphatic carbocycles. The van der Waals surface area contributed by atoms with E-state index in [1.54, 1.807) is 16.7 Å². The molecule has 2 aliphatic rings. The van der Waals surface area contributed by atoms with Crippen LogP contribution >= 0.6 is 11.8 Å². The Balaban J connectivity index is 1.35. The minimum atomic E-state index is -0.608. The average molecular weight is 384 g/mol. The first-order chi connectivity index (χ1) is 13.0. The number of carbonyl (C=O) groups is 3. The molecule has 0 spiro atoms. The van der Waals surface area contributed by atoms with Crippen molar-refractivity contribution in [3.63, 3.8) is 0 Å². The first-order valence-corrected chi connectivity index (χ1v) is 9.86. The van der Waals surface area contributed by atoms with Gasteiger partial charge in [0.05, 0.1) is 4.87 Å². The molecule has 7 heteroatoms. The van der Waals surface area contributed by atoms with E-state index in [-0.39, 0.29) is 17.4 Å². The van der Waals surface area contributed by atoms with Gasteiger partial charge in [-0.15, -0.1) is 11.8 Å². The number of rotatable bonds is 4. The summed E-state index contributed by atoms with van der Waals surface area (Å²) in [5.41, 5.74) is 0.647. The molecule has 2 amide bonds. The molecule has 27 heavy (non-hydrogen) atoms. The predicted molar refractivity (Wildman–Crippen MR) is 104 cm³/mol. The molecule has 2 atom stereocenters. The molecule has 2 fully saturated rings. The second-order valence-corrected chi connectivity index (χ2v) is 8.48. The maximum atomic E-state index is 12.4. The molecule has 2 aromatic carbocycles. The summed E-state index contributed by atoms with van der Waals surface area (Å²) in [5, 5.41) is 4.84. The molecule has 2 saturated heterocycles. The fourth-order valence-electron chi connectivity index (χ4n) is 3.69. The van der Waals surface area contributed by atoms with Gasteiger partial charge in [-0.1, -0.05) is 30.3 Å². The van der Waals surface area contributed by atoms with E-state index in [2.05, 4.69) is 5.32 Å². The van der Waals surface area contributed by atoms with Crippen LogP contribution in [-0.2, 0) is 19.1 Å². The Morgan fingerprint density at radius 1 is 1.26 bits per heavy atom. The number of amides is 2. The van der Waals surface area contributed by atoms with Gasteiger partial charge in [-0.3, -0.25) is 9.59 Å². The minimum Gasteiger partial charge on any atom is -0.454 e. The second kappa shape index (κ2) is 6.88. The van der Waals surface area contributed by atoms with Crippen molar-refractivity contribution in [2.24, 2.45) is 0 Å². The number of nitrogens with zero attached hydrogens (tertiary/aromatic N) is 1. The zero-order valence-electron chi connectivity index (χ0n) is 14.9. The Hall–Kier alpha value is -2.54. The minimum absolute atomic E-state index is 0.0231. The van der Waals surface area contributed by atoms with Crippen LogP contribution in [0, 0.1) is 0 Å². The Kier molecular flexibility index (Phi) is 4.55. The first kappa shape index (κ1) is 17.9. The van der Waals surface area contributed by atoms with Gasteiger partial charge in [0, 0.05) is 17.9 Å². The monoisotopic (exact) mass is 384 g/mol. The number of nitrogens with one attached hydrogen (secondary N) is 1. The zero-order valence-corrected chi connectivity index (χ0v) is 15.8. The molecule has 1 N–H and O–H groups in total. The predicted octanol–water partition coefficient (Wildman–Crippen LogP) is 2.78. The van der Waals surface area contributed by atoms with Crippen LogP contribution in [0.15, 0.2) is 42.5 Å². The number of fused-ring (bicyclic) bond motifs is 2. The smallest absolute Gasteiger partial charge is 0.330 e. The summed E-state index contributed by atoms with van der Waals surface area (Å²) in [7, 11) is 0. The van der Waals surface area contributed by atoms with Gasteiger partial charge in [0.1, 0.15) is 6.04 Å². The van der Waals surface area contributed by atoms with Crippen molar-refractivity contribution in [2.45, 2.75) is 30.7 Å². The summed E-state index contributed by atoms with van der Waals surface area (Å²) in [5.74, 6) is -0.437. The van der Waals surface area contributed by atoms with Crippen LogP contribution in [0.3, 0.4) is 0 Å². The molecule has 2 aliphatic heterocycles. The number of ether oxygens (including phenoxy) is 1. The number of thioether (sulfide) groups is 1. The number of carbonyl (C=O) groups excluding carboxylic acids is 3. The van der Waals surface area contributed by atoms with E-state index in [9.17, 15) is 14.4 Å². The molecule has 140 valence electrons. The van der Waals surface area contributed by atoms with Crippen LogP contribution in [-0.4, -0.2) is 46.0 Å². The summed E-state index contributed by atoms with van der Waals surface area (Å²) in [6.07, 6.45) is 1.19. The molecule has 2 aromatic rings. The van der Waals surface area contributed by atoms with E-state index in [1.165, 1.54) is 0 Å². The summed E-state index contributed by atoms with van der Waals surface area (Å²) >= 11 is 1.60. The zero-order chi connectivity index (χ0) is 19.0. The standard InChI is InChI=1S/C20H20N2O4S/c1-20-9-8-18(24)22(20)16(12-27-20)19(25)26-11-17(23)21-15-7-6-13-4-2-3-5-14(13)10-15/h2-7,10,16H,8-9,11-12H2,1H3,(H,21,23)/t16-,20+/m0/s1.